The van der Waals surface area contributed by atoms with E-state index in [2.05, 4.69) is 66.2 Å². The van der Waals surface area contributed by atoms with Crippen molar-refractivity contribution in [2.75, 3.05) is 6.61 Å². The Morgan fingerprint density at radius 3 is 2.42 bits per heavy atom. The predicted octanol–water partition coefficient (Wildman–Crippen LogP) is 6.47. The molecule has 198 valence electrons. The number of aromatic nitrogens is 2. The van der Waals surface area contributed by atoms with Gasteiger partial charge in [0.05, 0.1) is 29.6 Å². The number of amides is 1. The first-order valence-electron chi connectivity index (χ1n) is 14.1. The molecule has 2 atom stereocenters. The number of nitrogens with zero attached hydrogens (tertiary/aromatic N) is 2. The van der Waals surface area contributed by atoms with Crippen LogP contribution < -0.4 is 5.32 Å². The Hall–Kier alpha value is -3.44. The molecule has 0 unspecified atom stereocenters. The van der Waals surface area contributed by atoms with Gasteiger partial charge in [0, 0.05) is 13.0 Å². The summed E-state index contributed by atoms with van der Waals surface area (Å²) in [5.41, 5.74) is 6.66. The number of benzene rings is 3. The van der Waals surface area contributed by atoms with Crippen LogP contribution in [0.1, 0.15) is 79.1 Å². The number of aliphatic hydroxyl groups is 1. The molecule has 1 aliphatic rings. The Balaban J connectivity index is 1.40. The van der Waals surface area contributed by atoms with E-state index in [4.69, 9.17) is 4.98 Å². The second kappa shape index (κ2) is 12.0. The molecule has 0 radical (unpaired) electrons. The first kappa shape index (κ1) is 26.2. The van der Waals surface area contributed by atoms with Crippen LogP contribution in [0.15, 0.2) is 72.8 Å². The highest BCUT2D eigenvalue weighted by atomic mass is 16.3. The van der Waals surface area contributed by atoms with E-state index in [0.717, 1.165) is 54.7 Å². The maximum absolute atomic E-state index is 13.7. The highest BCUT2D eigenvalue weighted by Gasteiger charge is 2.33. The summed E-state index contributed by atoms with van der Waals surface area (Å²) in [5.74, 6) is 1.25. The number of hydrogen-bond donors (Lipinski definition) is 2. The van der Waals surface area contributed by atoms with Gasteiger partial charge in [-0.1, -0.05) is 86.5 Å². The summed E-state index contributed by atoms with van der Waals surface area (Å²) < 4.78 is 2.34. The lowest BCUT2D eigenvalue weighted by Gasteiger charge is -2.26. The zero-order valence-electron chi connectivity index (χ0n) is 22.6. The summed E-state index contributed by atoms with van der Waals surface area (Å²) in [4.78, 5) is 18.6. The monoisotopic (exact) mass is 509 g/mol. The lowest BCUT2D eigenvalue weighted by Crippen LogP contribution is -2.37. The normalized spacial score (nSPS) is 15.6. The Kier molecular flexibility index (Phi) is 8.23. The molecule has 5 heteroatoms. The third-order valence-electron chi connectivity index (χ3n) is 8.07. The maximum Gasteiger partial charge on any atom is 0.228 e. The molecule has 0 aliphatic heterocycles. The summed E-state index contributed by atoms with van der Waals surface area (Å²) in [5, 5.41) is 13.2. The third-order valence-corrected chi connectivity index (χ3v) is 8.07. The van der Waals surface area contributed by atoms with Gasteiger partial charge in [0.1, 0.15) is 5.82 Å². The molecule has 1 amide bonds. The molecule has 0 saturated heterocycles. The molecule has 2 N–H and O–H groups in total. The highest BCUT2D eigenvalue weighted by Crippen LogP contribution is 2.38. The van der Waals surface area contributed by atoms with Crippen LogP contribution in [0.25, 0.3) is 11.0 Å². The van der Waals surface area contributed by atoms with E-state index in [9.17, 15) is 9.90 Å². The highest BCUT2D eigenvalue weighted by molar-refractivity contribution is 5.84. The second-order valence-corrected chi connectivity index (χ2v) is 10.7. The lowest BCUT2D eigenvalue weighted by atomic mass is 9.83. The minimum atomic E-state index is -0.401. The van der Waals surface area contributed by atoms with Gasteiger partial charge in [0.2, 0.25) is 5.91 Å². The molecule has 1 aliphatic carbocycles. The number of carbonyl (C=O) groups is 1. The van der Waals surface area contributed by atoms with Crippen molar-refractivity contribution in [1.29, 1.82) is 0 Å². The molecule has 5 rings (SSSR count). The van der Waals surface area contributed by atoms with Crippen molar-refractivity contribution in [3.63, 3.8) is 0 Å². The number of aliphatic hydroxyl groups excluding tert-OH is 1. The van der Waals surface area contributed by atoms with Crippen molar-refractivity contribution in [2.24, 2.45) is 5.92 Å². The third kappa shape index (κ3) is 5.53. The number of aryl methyl sites for hydroxylation is 2. The van der Waals surface area contributed by atoms with Crippen molar-refractivity contribution in [3.05, 3.63) is 101 Å². The van der Waals surface area contributed by atoms with Gasteiger partial charge in [-0.25, -0.2) is 4.98 Å². The Morgan fingerprint density at radius 2 is 1.74 bits per heavy atom. The predicted molar refractivity (Wildman–Crippen MR) is 153 cm³/mol. The maximum atomic E-state index is 13.7. The van der Waals surface area contributed by atoms with Gasteiger partial charge < -0.3 is 15.0 Å². The van der Waals surface area contributed by atoms with Crippen LogP contribution in [-0.4, -0.2) is 27.2 Å². The van der Waals surface area contributed by atoms with E-state index in [0.29, 0.717) is 5.92 Å². The molecule has 0 spiro atoms. The SMILES string of the molecule is CCCc1nc2c(C)cccc2n1Cc1ccc([C@@H](C(=O)N[C@@H](CO)c2ccccc2)C2CCCC2)cc1. The van der Waals surface area contributed by atoms with Gasteiger partial charge in [-0.05, 0) is 60.4 Å². The van der Waals surface area contributed by atoms with E-state index in [1.54, 1.807) is 0 Å². The van der Waals surface area contributed by atoms with Crippen molar-refractivity contribution >= 4 is 16.9 Å². The molecule has 38 heavy (non-hydrogen) atoms. The average molecular weight is 510 g/mol. The van der Waals surface area contributed by atoms with E-state index in [-0.39, 0.29) is 18.4 Å². The van der Waals surface area contributed by atoms with Crippen molar-refractivity contribution < 1.29 is 9.90 Å². The van der Waals surface area contributed by atoms with Crippen molar-refractivity contribution in [2.45, 2.75) is 70.9 Å². The average Bonchev–Trinajstić information content (AvgIpc) is 3.59. The Labute approximate surface area is 225 Å². The first-order chi connectivity index (χ1) is 18.6. The molecule has 0 bridgehead atoms. The fourth-order valence-corrected chi connectivity index (χ4v) is 6.05. The molecule has 1 fully saturated rings. The second-order valence-electron chi connectivity index (χ2n) is 10.7. The molecule has 1 aromatic heterocycles. The van der Waals surface area contributed by atoms with Crippen molar-refractivity contribution in [3.8, 4) is 0 Å². The van der Waals surface area contributed by atoms with Crippen LogP contribution in [0, 0.1) is 12.8 Å². The van der Waals surface area contributed by atoms with E-state index in [1.165, 1.54) is 29.5 Å². The number of para-hydroxylation sites is 1. The summed E-state index contributed by atoms with van der Waals surface area (Å²) in [6.45, 7) is 4.96. The van der Waals surface area contributed by atoms with Gasteiger partial charge in [-0.3, -0.25) is 4.79 Å². The Bertz CT molecular complexity index is 1350. The number of hydrogen-bond acceptors (Lipinski definition) is 3. The molecular weight excluding hydrogens is 470 g/mol. The van der Waals surface area contributed by atoms with Gasteiger partial charge in [0.25, 0.3) is 0 Å². The van der Waals surface area contributed by atoms with E-state index in [1.807, 2.05) is 30.3 Å². The molecule has 1 heterocycles. The van der Waals surface area contributed by atoms with Gasteiger partial charge in [-0.15, -0.1) is 0 Å². The summed E-state index contributed by atoms with van der Waals surface area (Å²) in [6.07, 6.45) is 6.47. The van der Waals surface area contributed by atoms with Gasteiger partial charge in [0.15, 0.2) is 0 Å². The van der Waals surface area contributed by atoms with E-state index >= 15 is 0 Å². The van der Waals surface area contributed by atoms with Crippen LogP contribution in [0.4, 0.5) is 0 Å². The zero-order valence-corrected chi connectivity index (χ0v) is 22.6. The van der Waals surface area contributed by atoms with Crippen LogP contribution in [0.5, 0.6) is 0 Å². The summed E-state index contributed by atoms with van der Waals surface area (Å²) in [6, 6.07) is 24.3. The summed E-state index contributed by atoms with van der Waals surface area (Å²) in [7, 11) is 0. The van der Waals surface area contributed by atoms with Crippen LogP contribution >= 0.6 is 0 Å². The number of fused-ring (bicyclic) bond motifs is 1. The fourth-order valence-electron chi connectivity index (χ4n) is 6.05. The number of carbonyl (C=O) groups excluding carboxylic acids is 1. The minimum absolute atomic E-state index is 0.00821. The zero-order chi connectivity index (χ0) is 26.5. The number of nitrogens with one attached hydrogen (secondary N) is 1. The van der Waals surface area contributed by atoms with Crippen LogP contribution in [0.2, 0.25) is 0 Å². The molecular formula is C33H39N3O2. The van der Waals surface area contributed by atoms with Crippen molar-refractivity contribution in [1.82, 2.24) is 14.9 Å². The minimum Gasteiger partial charge on any atom is -0.394 e. The van der Waals surface area contributed by atoms with Crippen LogP contribution in [0.3, 0.4) is 0 Å². The quantitative estimate of drug-likeness (QED) is 0.257. The first-order valence-corrected chi connectivity index (χ1v) is 14.1. The smallest absolute Gasteiger partial charge is 0.228 e. The largest absolute Gasteiger partial charge is 0.394 e. The molecule has 4 aromatic rings. The Morgan fingerprint density at radius 1 is 1.00 bits per heavy atom. The number of rotatable bonds is 10. The number of imidazole rings is 1. The van der Waals surface area contributed by atoms with Gasteiger partial charge >= 0.3 is 0 Å². The standard InChI is InChI=1S/C33H39N3O2/c1-3-10-30-35-32-23(2)11-9-16-29(32)36(30)21-24-17-19-27(20-18-24)31(26-14-7-8-15-26)33(38)34-28(22-37)25-12-5-4-6-13-25/h4-6,9,11-13,16-20,26,28,31,37H,3,7-8,10,14-15,21-22H2,1-2H3,(H,34,38)/t28-,31-/m0/s1. The van der Waals surface area contributed by atoms with Crippen LogP contribution in [-0.2, 0) is 17.8 Å². The lowest BCUT2D eigenvalue weighted by molar-refractivity contribution is -0.124. The molecule has 1 saturated carbocycles. The molecule has 5 nitrogen and oxygen atoms in total. The fraction of sp³-hybridized carbons (Fsp3) is 0.394. The topological polar surface area (TPSA) is 67.2 Å². The van der Waals surface area contributed by atoms with E-state index < -0.39 is 6.04 Å². The summed E-state index contributed by atoms with van der Waals surface area (Å²) >= 11 is 0. The van der Waals surface area contributed by atoms with Gasteiger partial charge in [-0.2, -0.15) is 0 Å². The molecule has 3 aromatic carbocycles.